The quantitative estimate of drug-likeness (QED) is 0.772. The number of alkyl carbamates (subject to hydrolysis) is 1. The van der Waals surface area contributed by atoms with E-state index in [1.807, 2.05) is 0 Å². The van der Waals surface area contributed by atoms with E-state index >= 15 is 0 Å². The van der Waals surface area contributed by atoms with Crippen LogP contribution in [0.2, 0.25) is 0 Å². The van der Waals surface area contributed by atoms with Crippen LogP contribution in [0, 0.1) is 0 Å². The molecule has 1 amide bonds. The zero-order chi connectivity index (χ0) is 17.0. The van der Waals surface area contributed by atoms with Gasteiger partial charge in [-0.3, -0.25) is 0 Å². The van der Waals surface area contributed by atoms with Gasteiger partial charge in [0.25, 0.3) is 0 Å². The summed E-state index contributed by atoms with van der Waals surface area (Å²) >= 11 is 0. The van der Waals surface area contributed by atoms with Crippen molar-refractivity contribution in [1.82, 2.24) is 5.32 Å². The average molecular weight is 309 g/mol. The fourth-order valence-corrected chi connectivity index (χ4v) is 1.92. The van der Waals surface area contributed by atoms with Crippen molar-refractivity contribution in [2.24, 2.45) is 0 Å². The summed E-state index contributed by atoms with van der Waals surface area (Å²) in [7, 11) is 0. The summed E-state index contributed by atoms with van der Waals surface area (Å²) in [5.41, 5.74) is -2.17. The fourth-order valence-electron chi connectivity index (χ4n) is 1.92. The van der Waals surface area contributed by atoms with Crippen LogP contribution in [0.4, 0.5) is 4.79 Å². The Labute approximate surface area is 130 Å². The van der Waals surface area contributed by atoms with Crippen LogP contribution in [-0.4, -0.2) is 39.5 Å². The van der Waals surface area contributed by atoms with Gasteiger partial charge in [-0.2, -0.15) is 0 Å². The molecule has 122 valence electrons. The van der Waals surface area contributed by atoms with Gasteiger partial charge in [-0.15, -0.1) is 0 Å². The minimum Gasteiger partial charge on any atom is -0.479 e. The van der Waals surface area contributed by atoms with Crippen LogP contribution in [0.25, 0.3) is 0 Å². The molecule has 0 radical (unpaired) electrons. The molecule has 1 rings (SSSR count). The number of hydrogen-bond acceptors (Lipinski definition) is 4. The van der Waals surface area contributed by atoms with Gasteiger partial charge < -0.3 is 20.3 Å². The molecule has 0 aromatic heterocycles. The average Bonchev–Trinajstić information content (AvgIpc) is 2.36. The molecule has 0 aliphatic carbocycles. The lowest BCUT2D eigenvalue weighted by molar-refractivity contribution is -0.161. The van der Waals surface area contributed by atoms with Gasteiger partial charge >= 0.3 is 12.1 Å². The van der Waals surface area contributed by atoms with Gasteiger partial charge in [0.15, 0.2) is 5.60 Å². The minimum atomic E-state index is -2.13. The van der Waals surface area contributed by atoms with Crippen molar-refractivity contribution >= 4 is 12.1 Å². The van der Waals surface area contributed by atoms with Crippen molar-refractivity contribution in [2.45, 2.75) is 51.4 Å². The summed E-state index contributed by atoms with van der Waals surface area (Å²) in [6, 6.07) is 7.71. The molecule has 3 N–H and O–H groups in total. The zero-order valence-electron chi connectivity index (χ0n) is 13.3. The van der Waals surface area contributed by atoms with Gasteiger partial charge in [-0.25, -0.2) is 9.59 Å². The Balaban J connectivity index is 2.85. The molecule has 1 aromatic rings. The number of carbonyl (C=O) groups excluding carboxylic acids is 1. The summed E-state index contributed by atoms with van der Waals surface area (Å²) in [6.07, 6.45) is -0.895. The SMILES string of the molecule is CC(NC(=O)OC(C)(C)C)C(O)(Cc1ccccc1)C(=O)O. The topological polar surface area (TPSA) is 95.9 Å². The molecule has 0 spiro atoms. The second-order valence-corrected chi connectivity index (χ2v) is 6.26. The number of aliphatic carboxylic acids is 1. The summed E-state index contributed by atoms with van der Waals surface area (Å²) in [4.78, 5) is 23.2. The molecule has 2 unspecified atom stereocenters. The van der Waals surface area contributed by atoms with Crippen LogP contribution < -0.4 is 5.32 Å². The smallest absolute Gasteiger partial charge is 0.407 e. The highest BCUT2D eigenvalue weighted by atomic mass is 16.6. The van der Waals surface area contributed by atoms with Gasteiger partial charge in [0.2, 0.25) is 0 Å². The molecular formula is C16H23NO5. The Bertz CT molecular complexity index is 523. The van der Waals surface area contributed by atoms with Crippen molar-refractivity contribution < 1.29 is 24.5 Å². The number of rotatable bonds is 5. The number of nitrogens with one attached hydrogen (secondary N) is 1. The number of amides is 1. The number of benzene rings is 1. The van der Waals surface area contributed by atoms with E-state index in [2.05, 4.69) is 5.32 Å². The second kappa shape index (κ2) is 6.79. The van der Waals surface area contributed by atoms with Crippen molar-refractivity contribution in [3.63, 3.8) is 0 Å². The van der Waals surface area contributed by atoms with Gasteiger partial charge in [0.05, 0.1) is 6.04 Å². The molecule has 2 atom stereocenters. The van der Waals surface area contributed by atoms with E-state index in [9.17, 15) is 19.8 Å². The molecule has 0 bridgehead atoms. The molecule has 0 aliphatic heterocycles. The number of hydrogen-bond donors (Lipinski definition) is 3. The van der Waals surface area contributed by atoms with E-state index in [1.165, 1.54) is 6.92 Å². The van der Waals surface area contributed by atoms with Gasteiger partial charge in [-0.1, -0.05) is 30.3 Å². The maximum atomic E-state index is 11.8. The molecule has 0 saturated carbocycles. The first kappa shape index (κ1) is 18.0. The molecular weight excluding hydrogens is 286 g/mol. The Kier molecular flexibility index (Phi) is 5.54. The van der Waals surface area contributed by atoms with Crippen LogP contribution in [0.5, 0.6) is 0 Å². The van der Waals surface area contributed by atoms with Crippen LogP contribution in [0.1, 0.15) is 33.3 Å². The van der Waals surface area contributed by atoms with E-state index in [-0.39, 0.29) is 6.42 Å². The number of aliphatic hydroxyl groups is 1. The first-order valence-electron chi connectivity index (χ1n) is 7.04. The van der Waals surface area contributed by atoms with Crippen LogP contribution in [-0.2, 0) is 16.0 Å². The lowest BCUT2D eigenvalue weighted by Gasteiger charge is -2.31. The first-order chi connectivity index (χ1) is 10.0. The third kappa shape index (κ3) is 5.04. The lowest BCUT2D eigenvalue weighted by Crippen LogP contribution is -2.57. The molecule has 22 heavy (non-hydrogen) atoms. The third-order valence-corrected chi connectivity index (χ3v) is 3.14. The maximum absolute atomic E-state index is 11.8. The van der Waals surface area contributed by atoms with Crippen LogP contribution in [0.3, 0.4) is 0 Å². The number of carboxylic acid groups (broad SMARTS) is 1. The van der Waals surface area contributed by atoms with Gasteiger partial charge in [0, 0.05) is 6.42 Å². The molecule has 0 heterocycles. The fraction of sp³-hybridized carbons (Fsp3) is 0.500. The van der Waals surface area contributed by atoms with Crippen molar-refractivity contribution in [3.05, 3.63) is 35.9 Å². The highest BCUT2D eigenvalue weighted by Crippen LogP contribution is 2.19. The summed E-state index contributed by atoms with van der Waals surface area (Å²) in [6.45, 7) is 6.53. The number of carboxylic acids is 1. The Morgan fingerprint density at radius 2 is 1.77 bits per heavy atom. The number of ether oxygens (including phenoxy) is 1. The Morgan fingerprint density at radius 1 is 1.23 bits per heavy atom. The van der Waals surface area contributed by atoms with Crippen molar-refractivity contribution in [2.75, 3.05) is 0 Å². The van der Waals surface area contributed by atoms with E-state index in [0.29, 0.717) is 5.56 Å². The monoisotopic (exact) mass is 309 g/mol. The van der Waals surface area contributed by atoms with Crippen molar-refractivity contribution in [1.29, 1.82) is 0 Å². The molecule has 0 fully saturated rings. The molecule has 1 aromatic carbocycles. The minimum absolute atomic E-state index is 0.125. The Morgan fingerprint density at radius 3 is 2.23 bits per heavy atom. The van der Waals surface area contributed by atoms with E-state index in [0.717, 1.165) is 0 Å². The second-order valence-electron chi connectivity index (χ2n) is 6.26. The summed E-state index contributed by atoms with van der Waals surface area (Å²) in [5, 5.41) is 22.2. The lowest BCUT2D eigenvalue weighted by atomic mass is 9.88. The zero-order valence-corrected chi connectivity index (χ0v) is 13.3. The highest BCUT2D eigenvalue weighted by molar-refractivity contribution is 5.80. The molecule has 0 saturated heterocycles. The predicted octanol–water partition coefficient (Wildman–Crippen LogP) is 1.96. The van der Waals surface area contributed by atoms with Crippen LogP contribution in [0.15, 0.2) is 30.3 Å². The normalized spacial score (nSPS) is 15.5. The van der Waals surface area contributed by atoms with Gasteiger partial charge in [0.1, 0.15) is 5.60 Å². The largest absolute Gasteiger partial charge is 0.479 e. The predicted molar refractivity (Wildman–Crippen MR) is 81.6 cm³/mol. The van der Waals surface area contributed by atoms with E-state index in [4.69, 9.17) is 4.74 Å². The third-order valence-electron chi connectivity index (χ3n) is 3.14. The standard InChI is InChI=1S/C16H23NO5/c1-11(17-14(20)22-15(2,3)4)16(21,13(18)19)10-12-8-6-5-7-9-12/h5-9,11,21H,10H2,1-4H3,(H,17,20)(H,18,19). The van der Waals surface area contributed by atoms with E-state index < -0.39 is 29.3 Å². The summed E-state index contributed by atoms with van der Waals surface area (Å²) in [5.74, 6) is -1.40. The number of carbonyl (C=O) groups is 2. The molecule has 6 nitrogen and oxygen atoms in total. The molecule has 6 heteroatoms. The molecule has 0 aliphatic rings. The van der Waals surface area contributed by atoms with Gasteiger partial charge in [-0.05, 0) is 33.3 Å². The Hall–Kier alpha value is -2.08. The maximum Gasteiger partial charge on any atom is 0.407 e. The van der Waals surface area contributed by atoms with Crippen molar-refractivity contribution in [3.8, 4) is 0 Å². The highest BCUT2D eigenvalue weighted by Gasteiger charge is 2.43. The van der Waals surface area contributed by atoms with Crippen LogP contribution >= 0.6 is 0 Å². The first-order valence-corrected chi connectivity index (χ1v) is 7.04. The van der Waals surface area contributed by atoms with E-state index in [1.54, 1.807) is 51.1 Å². The summed E-state index contributed by atoms with van der Waals surface area (Å²) < 4.78 is 5.08.